The minimum atomic E-state index is 0.0913. The minimum Gasteiger partial charge on any atom is -0.508 e. The summed E-state index contributed by atoms with van der Waals surface area (Å²) < 4.78 is 0. The Morgan fingerprint density at radius 2 is 1.62 bits per heavy atom. The molecule has 0 spiro atoms. The lowest BCUT2D eigenvalue weighted by molar-refractivity contribution is 0.458. The molecule has 0 aliphatic carbocycles. The van der Waals surface area contributed by atoms with Gasteiger partial charge in [-0.2, -0.15) is 0 Å². The van der Waals surface area contributed by atoms with Crippen molar-refractivity contribution >= 4 is 0 Å². The average molecular weight is 216 g/mol. The zero-order valence-electron chi connectivity index (χ0n) is 8.81. The largest absolute Gasteiger partial charge is 0.508 e. The van der Waals surface area contributed by atoms with Gasteiger partial charge in [0.25, 0.3) is 0 Å². The summed E-state index contributed by atoms with van der Waals surface area (Å²) >= 11 is 0. The maximum Gasteiger partial charge on any atom is 0.126 e. The molecule has 16 heavy (non-hydrogen) atoms. The summed E-state index contributed by atoms with van der Waals surface area (Å²) in [6.07, 6.45) is 0. The average Bonchev–Trinajstić information content (AvgIpc) is 2.23. The lowest BCUT2D eigenvalue weighted by atomic mass is 10.0. The van der Waals surface area contributed by atoms with Gasteiger partial charge in [-0.05, 0) is 42.3 Å². The highest BCUT2D eigenvalue weighted by atomic mass is 16.3. The number of hydrogen-bond acceptors (Lipinski definition) is 3. The SMILES string of the molecule is Cc1cc(O)cc(-c2cccc(O)c2)c1O. The van der Waals surface area contributed by atoms with E-state index in [9.17, 15) is 15.3 Å². The molecule has 0 aliphatic heterocycles. The van der Waals surface area contributed by atoms with Crippen LogP contribution in [-0.2, 0) is 0 Å². The molecule has 0 aromatic heterocycles. The fraction of sp³-hybridized carbons (Fsp3) is 0.0769. The third kappa shape index (κ3) is 1.80. The Labute approximate surface area is 93.2 Å². The molecule has 3 nitrogen and oxygen atoms in total. The maximum absolute atomic E-state index is 9.87. The molecule has 0 aliphatic rings. The Morgan fingerprint density at radius 1 is 0.875 bits per heavy atom. The second-order valence-electron chi connectivity index (χ2n) is 3.71. The molecule has 0 saturated heterocycles. The molecule has 2 aromatic carbocycles. The molecule has 2 aromatic rings. The monoisotopic (exact) mass is 216 g/mol. The number of phenolic OH excluding ortho intramolecular Hbond substituents is 3. The summed E-state index contributed by atoms with van der Waals surface area (Å²) in [7, 11) is 0. The van der Waals surface area contributed by atoms with E-state index in [2.05, 4.69) is 0 Å². The first kappa shape index (κ1) is 10.4. The van der Waals surface area contributed by atoms with E-state index >= 15 is 0 Å². The van der Waals surface area contributed by atoms with Crippen LogP contribution in [0.3, 0.4) is 0 Å². The molecular formula is C13H12O3. The van der Waals surface area contributed by atoms with Gasteiger partial charge in [-0.1, -0.05) is 12.1 Å². The van der Waals surface area contributed by atoms with Crippen LogP contribution in [0.4, 0.5) is 0 Å². The molecule has 3 N–H and O–H groups in total. The molecule has 0 saturated carbocycles. The summed E-state index contributed by atoms with van der Waals surface area (Å²) in [5, 5.41) is 28.7. The Bertz CT molecular complexity index is 533. The first-order valence-electron chi connectivity index (χ1n) is 4.90. The number of aryl methyl sites for hydroxylation is 1. The third-order valence-corrected chi connectivity index (χ3v) is 2.44. The van der Waals surface area contributed by atoms with Gasteiger partial charge in [-0.25, -0.2) is 0 Å². The number of rotatable bonds is 1. The highest BCUT2D eigenvalue weighted by Gasteiger charge is 2.09. The molecule has 0 bridgehead atoms. The van der Waals surface area contributed by atoms with E-state index in [0.717, 1.165) is 0 Å². The van der Waals surface area contributed by atoms with Gasteiger partial charge in [0.05, 0.1) is 0 Å². The number of hydrogen-bond donors (Lipinski definition) is 3. The minimum absolute atomic E-state index is 0.0913. The molecule has 82 valence electrons. The van der Waals surface area contributed by atoms with Gasteiger partial charge >= 0.3 is 0 Å². The Balaban J connectivity index is 2.64. The first-order valence-corrected chi connectivity index (χ1v) is 4.90. The first-order chi connectivity index (χ1) is 7.58. The van der Waals surface area contributed by atoms with Crippen molar-refractivity contribution < 1.29 is 15.3 Å². The van der Waals surface area contributed by atoms with Crippen LogP contribution in [0.2, 0.25) is 0 Å². The predicted octanol–water partition coefficient (Wildman–Crippen LogP) is 2.78. The number of phenols is 3. The molecule has 0 atom stereocenters. The van der Waals surface area contributed by atoms with Crippen molar-refractivity contribution in [1.82, 2.24) is 0 Å². The second-order valence-corrected chi connectivity index (χ2v) is 3.71. The van der Waals surface area contributed by atoms with Crippen molar-refractivity contribution in [3.63, 3.8) is 0 Å². The van der Waals surface area contributed by atoms with Crippen molar-refractivity contribution in [3.05, 3.63) is 42.0 Å². The van der Waals surface area contributed by atoms with Gasteiger partial charge in [-0.15, -0.1) is 0 Å². The van der Waals surface area contributed by atoms with Crippen molar-refractivity contribution in [1.29, 1.82) is 0 Å². The standard InChI is InChI=1S/C13H12O3/c1-8-5-11(15)7-12(13(8)16)9-3-2-4-10(14)6-9/h2-7,14-16H,1H3. The lowest BCUT2D eigenvalue weighted by Crippen LogP contribution is -1.83. The van der Waals surface area contributed by atoms with Crippen LogP contribution in [-0.4, -0.2) is 15.3 Å². The van der Waals surface area contributed by atoms with Crippen LogP contribution < -0.4 is 0 Å². The van der Waals surface area contributed by atoms with Gasteiger partial charge < -0.3 is 15.3 Å². The molecule has 0 fully saturated rings. The van der Waals surface area contributed by atoms with E-state index in [1.807, 2.05) is 0 Å². The quantitative estimate of drug-likeness (QED) is 0.642. The lowest BCUT2D eigenvalue weighted by Gasteiger charge is -2.08. The maximum atomic E-state index is 9.87. The summed E-state index contributed by atoms with van der Waals surface area (Å²) in [5.41, 5.74) is 1.77. The Morgan fingerprint density at radius 3 is 2.31 bits per heavy atom. The van der Waals surface area contributed by atoms with Crippen LogP contribution in [0, 0.1) is 6.92 Å². The van der Waals surface area contributed by atoms with E-state index in [4.69, 9.17) is 0 Å². The van der Waals surface area contributed by atoms with Gasteiger partial charge in [0.15, 0.2) is 0 Å². The highest BCUT2D eigenvalue weighted by molar-refractivity contribution is 5.74. The molecule has 0 amide bonds. The summed E-state index contributed by atoms with van der Waals surface area (Å²) in [4.78, 5) is 0. The van der Waals surface area contributed by atoms with Crippen LogP contribution in [0.15, 0.2) is 36.4 Å². The third-order valence-electron chi connectivity index (χ3n) is 2.44. The molecule has 0 radical (unpaired) electrons. The molecular weight excluding hydrogens is 204 g/mol. The molecule has 0 unspecified atom stereocenters. The fourth-order valence-corrected chi connectivity index (χ4v) is 1.65. The van der Waals surface area contributed by atoms with Gasteiger partial charge in [0, 0.05) is 5.56 Å². The van der Waals surface area contributed by atoms with Crippen LogP contribution in [0.25, 0.3) is 11.1 Å². The molecule has 0 heterocycles. The number of benzene rings is 2. The summed E-state index contributed by atoms with van der Waals surface area (Å²) in [6, 6.07) is 9.49. The van der Waals surface area contributed by atoms with Crippen molar-refractivity contribution in [2.75, 3.05) is 0 Å². The fourth-order valence-electron chi connectivity index (χ4n) is 1.65. The number of aromatic hydroxyl groups is 3. The normalized spacial score (nSPS) is 10.3. The molecule has 2 rings (SSSR count). The summed E-state index contributed by atoms with van der Waals surface area (Å²) in [5.74, 6) is 0.329. The van der Waals surface area contributed by atoms with E-state index in [1.165, 1.54) is 18.2 Å². The van der Waals surface area contributed by atoms with E-state index in [1.54, 1.807) is 25.1 Å². The second kappa shape index (κ2) is 3.77. The predicted molar refractivity (Wildman–Crippen MR) is 61.6 cm³/mol. The van der Waals surface area contributed by atoms with E-state index in [0.29, 0.717) is 16.7 Å². The zero-order chi connectivity index (χ0) is 11.7. The Kier molecular flexibility index (Phi) is 2.44. The van der Waals surface area contributed by atoms with Crippen LogP contribution >= 0.6 is 0 Å². The Hall–Kier alpha value is -2.16. The zero-order valence-corrected chi connectivity index (χ0v) is 8.81. The smallest absolute Gasteiger partial charge is 0.126 e. The van der Waals surface area contributed by atoms with Crippen LogP contribution in [0.5, 0.6) is 17.2 Å². The van der Waals surface area contributed by atoms with E-state index in [-0.39, 0.29) is 17.2 Å². The van der Waals surface area contributed by atoms with Crippen molar-refractivity contribution in [3.8, 4) is 28.4 Å². The van der Waals surface area contributed by atoms with E-state index < -0.39 is 0 Å². The highest BCUT2D eigenvalue weighted by Crippen LogP contribution is 2.36. The van der Waals surface area contributed by atoms with Crippen molar-refractivity contribution in [2.45, 2.75) is 6.92 Å². The van der Waals surface area contributed by atoms with Crippen molar-refractivity contribution in [2.24, 2.45) is 0 Å². The van der Waals surface area contributed by atoms with Crippen LogP contribution in [0.1, 0.15) is 5.56 Å². The van der Waals surface area contributed by atoms with Gasteiger partial charge in [0.1, 0.15) is 17.2 Å². The molecule has 3 heteroatoms. The summed E-state index contributed by atoms with van der Waals surface area (Å²) in [6.45, 7) is 1.71. The van der Waals surface area contributed by atoms with Gasteiger partial charge in [-0.3, -0.25) is 0 Å². The topological polar surface area (TPSA) is 60.7 Å². The van der Waals surface area contributed by atoms with Gasteiger partial charge in [0.2, 0.25) is 0 Å².